The maximum Gasteiger partial charge on any atom is 0.420 e. The van der Waals surface area contributed by atoms with E-state index >= 15 is 0 Å². The lowest BCUT2D eigenvalue weighted by molar-refractivity contribution is -0.116. The SMILES string of the molecule is CC(=O)c1ccc2c(c1)oc(=O)n2CC(=O)Nc1c(C)cccc1C(C)C. The number of carbonyl (C=O) groups is 2. The lowest BCUT2D eigenvalue weighted by Gasteiger charge is -2.16. The summed E-state index contributed by atoms with van der Waals surface area (Å²) in [4.78, 5) is 36.3. The Hall–Kier alpha value is -3.15. The molecule has 0 unspecified atom stereocenters. The van der Waals surface area contributed by atoms with Gasteiger partial charge in [0.1, 0.15) is 6.54 Å². The van der Waals surface area contributed by atoms with Crippen LogP contribution in [0.15, 0.2) is 45.6 Å². The molecule has 2 aromatic carbocycles. The Bertz CT molecular complexity index is 1090. The number of fused-ring (bicyclic) bond motifs is 1. The van der Waals surface area contributed by atoms with Crippen LogP contribution in [-0.2, 0) is 11.3 Å². The number of aromatic nitrogens is 1. The van der Waals surface area contributed by atoms with Crippen molar-refractivity contribution >= 4 is 28.5 Å². The van der Waals surface area contributed by atoms with Gasteiger partial charge < -0.3 is 9.73 Å². The smallest absolute Gasteiger partial charge is 0.408 e. The second-order valence-electron chi connectivity index (χ2n) is 6.93. The van der Waals surface area contributed by atoms with E-state index in [2.05, 4.69) is 19.2 Å². The van der Waals surface area contributed by atoms with Crippen LogP contribution in [-0.4, -0.2) is 16.3 Å². The first-order chi connectivity index (χ1) is 12.8. The van der Waals surface area contributed by atoms with Gasteiger partial charge in [0.05, 0.1) is 5.52 Å². The van der Waals surface area contributed by atoms with Gasteiger partial charge in [-0.15, -0.1) is 0 Å². The van der Waals surface area contributed by atoms with Crippen LogP contribution in [0.4, 0.5) is 5.69 Å². The molecule has 0 saturated heterocycles. The molecule has 0 aliphatic heterocycles. The van der Waals surface area contributed by atoms with Gasteiger partial charge in [-0.2, -0.15) is 0 Å². The van der Waals surface area contributed by atoms with Crippen molar-refractivity contribution in [3.05, 3.63) is 63.6 Å². The molecule has 6 heteroatoms. The Labute approximate surface area is 156 Å². The summed E-state index contributed by atoms with van der Waals surface area (Å²) in [5.41, 5.74) is 4.00. The molecule has 1 aromatic heterocycles. The average molecular weight is 366 g/mol. The van der Waals surface area contributed by atoms with Crippen molar-refractivity contribution in [2.24, 2.45) is 0 Å². The molecule has 0 fully saturated rings. The van der Waals surface area contributed by atoms with Crippen molar-refractivity contribution in [3.8, 4) is 0 Å². The van der Waals surface area contributed by atoms with E-state index in [1.807, 2.05) is 25.1 Å². The van der Waals surface area contributed by atoms with E-state index in [-0.39, 0.29) is 24.2 Å². The van der Waals surface area contributed by atoms with Crippen molar-refractivity contribution < 1.29 is 14.0 Å². The Morgan fingerprint density at radius 3 is 2.59 bits per heavy atom. The van der Waals surface area contributed by atoms with E-state index in [4.69, 9.17) is 4.42 Å². The lowest BCUT2D eigenvalue weighted by Crippen LogP contribution is -2.25. The third-order valence-corrected chi connectivity index (χ3v) is 4.57. The van der Waals surface area contributed by atoms with Crippen molar-refractivity contribution in [1.29, 1.82) is 0 Å². The van der Waals surface area contributed by atoms with Crippen molar-refractivity contribution in [2.75, 3.05) is 5.32 Å². The van der Waals surface area contributed by atoms with Gasteiger partial charge >= 0.3 is 5.76 Å². The first-order valence-corrected chi connectivity index (χ1v) is 8.81. The minimum atomic E-state index is -0.630. The highest BCUT2D eigenvalue weighted by Gasteiger charge is 2.16. The maximum absolute atomic E-state index is 12.6. The fourth-order valence-corrected chi connectivity index (χ4v) is 3.10. The van der Waals surface area contributed by atoms with Crippen LogP contribution < -0.4 is 11.1 Å². The third-order valence-electron chi connectivity index (χ3n) is 4.57. The van der Waals surface area contributed by atoms with Gasteiger partial charge in [-0.1, -0.05) is 32.0 Å². The quantitative estimate of drug-likeness (QED) is 0.695. The first kappa shape index (κ1) is 18.6. The minimum Gasteiger partial charge on any atom is -0.408 e. The molecule has 3 aromatic rings. The summed E-state index contributed by atoms with van der Waals surface area (Å²) < 4.78 is 6.47. The molecule has 1 heterocycles. The zero-order valence-electron chi connectivity index (χ0n) is 15.8. The van der Waals surface area contributed by atoms with Crippen LogP contribution in [0.5, 0.6) is 0 Å². The topological polar surface area (TPSA) is 81.3 Å². The summed E-state index contributed by atoms with van der Waals surface area (Å²) in [6.45, 7) is 7.33. The zero-order valence-corrected chi connectivity index (χ0v) is 15.8. The van der Waals surface area contributed by atoms with Crippen molar-refractivity contribution in [2.45, 2.75) is 40.2 Å². The molecular weight excluding hydrogens is 344 g/mol. The predicted octanol–water partition coefficient (Wildman–Crippen LogP) is 3.87. The highest BCUT2D eigenvalue weighted by atomic mass is 16.4. The number of nitrogens with one attached hydrogen (secondary N) is 1. The molecule has 0 spiro atoms. The van der Waals surface area contributed by atoms with Crippen LogP contribution in [0.25, 0.3) is 11.1 Å². The third kappa shape index (κ3) is 3.69. The van der Waals surface area contributed by atoms with Crippen LogP contribution in [0.2, 0.25) is 0 Å². The number of anilines is 1. The molecule has 0 atom stereocenters. The van der Waals surface area contributed by atoms with Crippen LogP contribution in [0, 0.1) is 6.92 Å². The molecule has 0 aliphatic rings. The van der Waals surface area contributed by atoms with Gasteiger partial charge in [-0.25, -0.2) is 4.79 Å². The van der Waals surface area contributed by atoms with Crippen LogP contribution >= 0.6 is 0 Å². The largest absolute Gasteiger partial charge is 0.420 e. The maximum atomic E-state index is 12.6. The number of aryl methyl sites for hydroxylation is 1. The number of oxazole rings is 1. The fourth-order valence-electron chi connectivity index (χ4n) is 3.10. The van der Waals surface area contributed by atoms with Crippen LogP contribution in [0.3, 0.4) is 0 Å². The number of amides is 1. The standard InChI is InChI=1S/C21H22N2O4/c1-12(2)16-7-5-6-13(3)20(16)22-19(25)11-23-17-9-8-15(14(4)24)10-18(17)27-21(23)26/h5-10,12H,11H2,1-4H3,(H,22,25). The van der Waals surface area contributed by atoms with Crippen LogP contribution in [0.1, 0.15) is 48.2 Å². The molecule has 0 bridgehead atoms. The molecule has 140 valence electrons. The number of para-hydroxylation sites is 1. The van der Waals surface area contributed by atoms with Gasteiger partial charge in [0.2, 0.25) is 5.91 Å². The Morgan fingerprint density at radius 1 is 1.19 bits per heavy atom. The number of carbonyl (C=O) groups excluding carboxylic acids is 2. The first-order valence-electron chi connectivity index (χ1n) is 8.81. The van der Waals surface area contributed by atoms with E-state index in [0.717, 1.165) is 16.8 Å². The number of ketones is 1. The van der Waals surface area contributed by atoms with Gasteiger partial charge in [-0.3, -0.25) is 14.2 Å². The molecular formula is C21H22N2O4. The van der Waals surface area contributed by atoms with E-state index in [9.17, 15) is 14.4 Å². The number of hydrogen-bond acceptors (Lipinski definition) is 4. The Balaban J connectivity index is 1.90. The monoisotopic (exact) mass is 366 g/mol. The predicted molar refractivity (Wildman–Crippen MR) is 104 cm³/mol. The number of Topliss-reactive ketones (excluding diaryl/α,β-unsaturated/α-hetero) is 1. The number of rotatable bonds is 5. The van der Waals surface area contributed by atoms with E-state index in [0.29, 0.717) is 16.7 Å². The van der Waals surface area contributed by atoms with Gasteiger partial charge in [-0.05, 0) is 49.1 Å². The minimum absolute atomic E-state index is 0.120. The Kier molecular flexibility index (Phi) is 4.99. The van der Waals surface area contributed by atoms with E-state index < -0.39 is 5.76 Å². The molecule has 27 heavy (non-hydrogen) atoms. The average Bonchev–Trinajstić information content (AvgIpc) is 2.91. The summed E-state index contributed by atoms with van der Waals surface area (Å²) in [5, 5.41) is 2.93. The number of hydrogen-bond donors (Lipinski definition) is 1. The van der Waals surface area contributed by atoms with E-state index in [1.54, 1.807) is 12.1 Å². The normalized spacial score (nSPS) is 11.1. The summed E-state index contributed by atoms with van der Waals surface area (Å²) in [6.07, 6.45) is 0. The zero-order chi connectivity index (χ0) is 19.7. The summed E-state index contributed by atoms with van der Waals surface area (Å²) in [6, 6.07) is 10.6. The van der Waals surface area contributed by atoms with E-state index in [1.165, 1.54) is 17.6 Å². The van der Waals surface area contributed by atoms with Gasteiger partial charge in [0, 0.05) is 11.3 Å². The molecule has 3 rings (SSSR count). The molecule has 1 N–H and O–H groups in total. The van der Waals surface area contributed by atoms with Crippen molar-refractivity contribution in [1.82, 2.24) is 4.57 Å². The molecule has 0 radical (unpaired) electrons. The number of benzene rings is 2. The summed E-state index contributed by atoms with van der Waals surface area (Å²) in [5.74, 6) is -0.810. The van der Waals surface area contributed by atoms with Gasteiger partial charge in [0.15, 0.2) is 11.4 Å². The van der Waals surface area contributed by atoms with Crippen molar-refractivity contribution in [3.63, 3.8) is 0 Å². The molecule has 6 nitrogen and oxygen atoms in total. The summed E-state index contributed by atoms with van der Waals surface area (Å²) >= 11 is 0. The molecule has 0 aliphatic carbocycles. The second kappa shape index (κ2) is 7.23. The highest BCUT2D eigenvalue weighted by Crippen LogP contribution is 2.27. The molecule has 0 saturated carbocycles. The molecule has 1 amide bonds. The number of nitrogens with zero attached hydrogens (tertiary/aromatic N) is 1. The second-order valence-corrected chi connectivity index (χ2v) is 6.93. The lowest BCUT2D eigenvalue weighted by atomic mass is 9.98. The highest BCUT2D eigenvalue weighted by molar-refractivity contribution is 5.97. The Morgan fingerprint density at radius 2 is 1.93 bits per heavy atom. The fraction of sp³-hybridized carbons (Fsp3) is 0.286. The van der Waals surface area contributed by atoms with Gasteiger partial charge in [0.25, 0.3) is 0 Å². The summed E-state index contributed by atoms with van der Waals surface area (Å²) in [7, 11) is 0.